The zero-order valence-corrected chi connectivity index (χ0v) is 17.3. The van der Waals surface area contributed by atoms with Crippen molar-refractivity contribution in [1.29, 1.82) is 0 Å². The van der Waals surface area contributed by atoms with E-state index in [0.29, 0.717) is 19.5 Å². The Balaban J connectivity index is 1.54. The van der Waals surface area contributed by atoms with Crippen LogP contribution in [0.3, 0.4) is 0 Å². The molecular weight excluding hydrogens is 390 g/mol. The van der Waals surface area contributed by atoms with Gasteiger partial charge in [-0.2, -0.15) is 4.31 Å². The smallest absolute Gasteiger partial charge is 0.243 e. The molecule has 2 aliphatic heterocycles. The lowest BCUT2D eigenvalue weighted by Gasteiger charge is -2.25. The van der Waals surface area contributed by atoms with Gasteiger partial charge >= 0.3 is 0 Å². The normalized spacial score (nSPS) is 22.6. The molecule has 0 radical (unpaired) electrons. The van der Waals surface area contributed by atoms with E-state index in [9.17, 15) is 18.0 Å². The highest BCUT2D eigenvalue weighted by Gasteiger charge is 2.37. The van der Waals surface area contributed by atoms with Crippen molar-refractivity contribution >= 4 is 27.5 Å². The Morgan fingerprint density at radius 1 is 1.14 bits per heavy atom. The minimum absolute atomic E-state index is 0.143. The largest absolute Gasteiger partial charge is 0.349 e. The van der Waals surface area contributed by atoms with Crippen molar-refractivity contribution in [2.24, 2.45) is 5.92 Å². The molecule has 1 aromatic rings. The molecule has 1 unspecified atom stereocenters. The van der Waals surface area contributed by atoms with Crippen molar-refractivity contribution in [3.05, 3.63) is 36.4 Å². The first kappa shape index (κ1) is 20.1. The molecule has 1 aromatic carbocycles. The number of carbonyl (C=O) groups excluding carboxylic acids is 2. The van der Waals surface area contributed by atoms with Gasteiger partial charge in [0.25, 0.3) is 0 Å². The molecule has 1 saturated carbocycles. The summed E-state index contributed by atoms with van der Waals surface area (Å²) in [7, 11) is -3.67. The number of nitrogens with zero attached hydrogens (tertiary/aromatic N) is 2. The zero-order valence-electron chi connectivity index (χ0n) is 16.5. The van der Waals surface area contributed by atoms with Crippen molar-refractivity contribution in [2.75, 3.05) is 24.5 Å². The van der Waals surface area contributed by atoms with Crippen LogP contribution in [0.5, 0.6) is 0 Å². The lowest BCUT2D eigenvalue weighted by Crippen LogP contribution is -2.44. The van der Waals surface area contributed by atoms with Gasteiger partial charge < -0.3 is 10.2 Å². The molecule has 0 aromatic heterocycles. The molecule has 0 spiro atoms. The van der Waals surface area contributed by atoms with Crippen LogP contribution in [0.1, 0.15) is 37.7 Å². The molecule has 2 fully saturated rings. The Bertz CT molecular complexity index is 939. The van der Waals surface area contributed by atoms with Crippen molar-refractivity contribution in [3.8, 4) is 0 Å². The quantitative estimate of drug-likeness (QED) is 0.741. The molecule has 0 bridgehead atoms. The fourth-order valence-electron chi connectivity index (χ4n) is 4.17. The number of hydrogen-bond donors (Lipinski definition) is 1. The molecule has 29 heavy (non-hydrogen) atoms. The number of nitrogens with one attached hydrogen (secondary N) is 1. The number of sulfonamides is 1. The number of carbonyl (C=O) groups is 2. The first-order chi connectivity index (χ1) is 13.9. The third-order valence-electron chi connectivity index (χ3n) is 5.94. The number of hydrogen-bond acceptors (Lipinski definition) is 4. The second-order valence-corrected chi connectivity index (χ2v) is 10.0. The van der Waals surface area contributed by atoms with Crippen molar-refractivity contribution < 1.29 is 18.0 Å². The van der Waals surface area contributed by atoms with Crippen LogP contribution in [0, 0.1) is 5.92 Å². The molecule has 1 aliphatic carbocycles. The predicted molar refractivity (Wildman–Crippen MR) is 110 cm³/mol. The van der Waals surface area contributed by atoms with E-state index < -0.39 is 10.0 Å². The molecule has 7 nitrogen and oxygen atoms in total. The first-order valence-electron chi connectivity index (χ1n) is 10.3. The Morgan fingerprint density at radius 3 is 2.66 bits per heavy atom. The molecule has 1 N–H and O–H groups in total. The summed E-state index contributed by atoms with van der Waals surface area (Å²) < 4.78 is 28.0. The van der Waals surface area contributed by atoms with Crippen LogP contribution in [0.25, 0.3) is 0 Å². The minimum Gasteiger partial charge on any atom is -0.349 e. The molecule has 1 saturated heterocycles. The van der Waals surface area contributed by atoms with E-state index in [0.717, 1.165) is 43.4 Å². The van der Waals surface area contributed by atoms with Gasteiger partial charge in [0.1, 0.15) is 0 Å². The molecule has 1 atom stereocenters. The van der Waals surface area contributed by atoms with Crippen LogP contribution in [0.15, 0.2) is 35.7 Å². The summed E-state index contributed by atoms with van der Waals surface area (Å²) in [5.41, 5.74) is 1.75. The fraction of sp³-hybridized carbons (Fsp3) is 0.524. The number of rotatable bonds is 5. The SMILES string of the molecule is C=CC(=O)NC1CCCCN(S(=O)(=O)c2ccc3c(c2)CCN3C(=O)C2CC2)C1. The third-order valence-corrected chi connectivity index (χ3v) is 7.80. The molecule has 156 valence electrons. The van der Waals surface area contributed by atoms with Crippen molar-refractivity contribution in [3.63, 3.8) is 0 Å². The van der Waals surface area contributed by atoms with Crippen LogP contribution in [-0.2, 0) is 26.0 Å². The van der Waals surface area contributed by atoms with Gasteiger partial charge in [0.2, 0.25) is 21.8 Å². The van der Waals surface area contributed by atoms with Crippen LogP contribution in [0.2, 0.25) is 0 Å². The first-order valence-corrected chi connectivity index (χ1v) is 11.7. The third kappa shape index (κ3) is 4.09. The Kier molecular flexibility index (Phi) is 5.48. The number of benzene rings is 1. The van der Waals surface area contributed by atoms with Gasteiger partial charge in [-0.15, -0.1) is 0 Å². The molecule has 2 amide bonds. The summed E-state index contributed by atoms with van der Waals surface area (Å²) in [6.07, 6.45) is 6.15. The van der Waals surface area contributed by atoms with Gasteiger partial charge in [-0.3, -0.25) is 9.59 Å². The maximum Gasteiger partial charge on any atom is 0.243 e. The van der Waals surface area contributed by atoms with E-state index >= 15 is 0 Å². The zero-order chi connectivity index (χ0) is 20.6. The second kappa shape index (κ2) is 7.91. The standard InChI is InChI=1S/C21H27N3O4S/c1-2-20(25)22-17-5-3-4-11-23(14-17)29(27,28)18-8-9-19-16(13-18)10-12-24(19)21(26)15-6-7-15/h2,8-9,13,15,17H,1,3-7,10-12,14H2,(H,22,25). The number of amides is 2. The maximum atomic E-state index is 13.3. The van der Waals surface area contributed by atoms with E-state index in [-0.39, 0.29) is 35.2 Å². The van der Waals surface area contributed by atoms with Crippen molar-refractivity contribution in [1.82, 2.24) is 9.62 Å². The Hall–Kier alpha value is -2.19. The van der Waals surface area contributed by atoms with Crippen molar-refractivity contribution in [2.45, 2.75) is 49.5 Å². The molecule has 8 heteroatoms. The second-order valence-electron chi connectivity index (χ2n) is 8.07. The fourth-order valence-corrected chi connectivity index (χ4v) is 5.75. The van der Waals surface area contributed by atoms with Gasteiger partial charge in [-0.25, -0.2) is 8.42 Å². The van der Waals surface area contributed by atoms with Gasteiger partial charge in [0.05, 0.1) is 4.90 Å². The summed E-state index contributed by atoms with van der Waals surface area (Å²) >= 11 is 0. The Morgan fingerprint density at radius 2 is 1.93 bits per heavy atom. The van der Waals surface area contributed by atoms with Crippen LogP contribution in [0.4, 0.5) is 5.69 Å². The lowest BCUT2D eigenvalue weighted by atomic mass is 10.1. The summed E-state index contributed by atoms with van der Waals surface area (Å²) in [6.45, 7) is 4.77. The van der Waals surface area contributed by atoms with E-state index in [1.165, 1.54) is 10.4 Å². The highest BCUT2D eigenvalue weighted by atomic mass is 32.2. The van der Waals surface area contributed by atoms with E-state index in [1.807, 2.05) is 0 Å². The summed E-state index contributed by atoms with van der Waals surface area (Å²) in [4.78, 5) is 26.2. The van der Waals surface area contributed by atoms with Gasteiger partial charge in [0, 0.05) is 37.3 Å². The number of fused-ring (bicyclic) bond motifs is 1. The molecular formula is C21H27N3O4S. The minimum atomic E-state index is -3.67. The van der Waals surface area contributed by atoms with Gasteiger partial charge in [-0.1, -0.05) is 13.0 Å². The topological polar surface area (TPSA) is 86.8 Å². The number of anilines is 1. The van der Waals surface area contributed by atoms with Gasteiger partial charge in [-0.05, 0) is 61.9 Å². The van der Waals surface area contributed by atoms with Gasteiger partial charge in [0.15, 0.2) is 0 Å². The van der Waals surface area contributed by atoms with E-state index in [2.05, 4.69) is 11.9 Å². The highest BCUT2D eigenvalue weighted by molar-refractivity contribution is 7.89. The summed E-state index contributed by atoms with van der Waals surface area (Å²) in [6, 6.07) is 4.87. The molecule has 2 heterocycles. The monoisotopic (exact) mass is 417 g/mol. The average Bonchev–Trinajstić information content (AvgIpc) is 3.51. The summed E-state index contributed by atoms with van der Waals surface area (Å²) in [5.74, 6) is 0.0176. The highest BCUT2D eigenvalue weighted by Crippen LogP contribution is 2.37. The Labute approximate surface area is 171 Å². The summed E-state index contributed by atoms with van der Waals surface area (Å²) in [5, 5.41) is 2.83. The van der Waals surface area contributed by atoms with Crippen LogP contribution >= 0.6 is 0 Å². The lowest BCUT2D eigenvalue weighted by molar-refractivity contribution is -0.119. The van der Waals surface area contributed by atoms with Crippen LogP contribution in [-0.4, -0.2) is 50.2 Å². The van der Waals surface area contributed by atoms with Crippen LogP contribution < -0.4 is 10.2 Å². The molecule has 4 rings (SSSR count). The maximum absolute atomic E-state index is 13.3. The average molecular weight is 418 g/mol. The predicted octanol–water partition coefficient (Wildman–Crippen LogP) is 1.83. The molecule has 3 aliphatic rings. The van der Waals surface area contributed by atoms with E-state index in [4.69, 9.17) is 0 Å². The van der Waals surface area contributed by atoms with E-state index in [1.54, 1.807) is 23.1 Å².